The fraction of sp³-hybridized carbons (Fsp3) is 0.0833. The Morgan fingerprint density at radius 1 is 0.225 bits per heavy atom. The molecule has 8 nitrogen and oxygen atoms in total. The Hall–Kier alpha value is -10.2. The first-order valence-electron chi connectivity index (χ1n) is 27.2. The van der Waals surface area contributed by atoms with Gasteiger partial charge in [0.25, 0.3) is 0 Å². The van der Waals surface area contributed by atoms with Gasteiger partial charge in [-0.15, -0.1) is 0 Å². The van der Waals surface area contributed by atoms with Crippen LogP contribution in [0.15, 0.2) is 255 Å². The summed E-state index contributed by atoms with van der Waals surface area (Å²) in [4.78, 5) is 34.9. The third-order valence-corrected chi connectivity index (χ3v) is 16.0. The van der Waals surface area contributed by atoms with Gasteiger partial charge in [-0.2, -0.15) is 0 Å². The minimum absolute atomic E-state index is 0.261. The van der Waals surface area contributed by atoms with Gasteiger partial charge in [0, 0.05) is 55.6 Å². The average Bonchev–Trinajstić information content (AvgIpc) is 3.36. The van der Waals surface area contributed by atoms with Crippen molar-refractivity contribution in [1.29, 1.82) is 0 Å². The van der Waals surface area contributed by atoms with Crippen LogP contribution < -0.4 is 9.80 Å². The number of aromatic nitrogens is 6. The number of fused-ring (bicyclic) bond motifs is 4. The first-order chi connectivity index (χ1) is 39.2. The van der Waals surface area contributed by atoms with Gasteiger partial charge in [0.05, 0.1) is 22.7 Å². The SMILES string of the molecule is CC1(C)c2ccccc2N(c2ccc(-c3nc(-c4ccccc4)nc(-c4ccccc4)n3)cc2)c2cc(-c3ccc4c(c3)C(C)(C)c3ccccc3N4c3ccc(-c4nc(-c5ccccc5)nc(-c5ccccc5)n4)cc3)ccc21. The Morgan fingerprint density at radius 2 is 0.500 bits per heavy atom. The van der Waals surface area contributed by atoms with Crippen LogP contribution in [0.2, 0.25) is 0 Å². The summed E-state index contributed by atoms with van der Waals surface area (Å²) in [6.07, 6.45) is 0. The molecule has 2 aromatic heterocycles. The number of rotatable bonds is 9. The lowest BCUT2D eigenvalue weighted by atomic mass is 9.72. The second-order valence-electron chi connectivity index (χ2n) is 21.6. The first-order valence-corrected chi connectivity index (χ1v) is 27.2. The molecule has 0 spiro atoms. The molecule has 4 heterocycles. The summed E-state index contributed by atoms with van der Waals surface area (Å²) in [5, 5.41) is 0. The van der Waals surface area contributed by atoms with Crippen LogP contribution in [0.25, 0.3) is 79.5 Å². The summed E-state index contributed by atoms with van der Waals surface area (Å²) in [5.41, 5.74) is 19.0. The summed E-state index contributed by atoms with van der Waals surface area (Å²) in [6, 6.07) is 89.5. The number of para-hydroxylation sites is 2. The molecule has 0 fully saturated rings. The van der Waals surface area contributed by atoms with Crippen molar-refractivity contribution in [2.24, 2.45) is 0 Å². The van der Waals surface area contributed by atoms with E-state index in [0.717, 1.165) is 78.6 Å². The molecule has 0 aliphatic carbocycles. The Morgan fingerprint density at radius 3 is 0.900 bits per heavy atom. The second kappa shape index (κ2) is 19.4. The monoisotopic (exact) mass is 1030 g/mol. The molecule has 12 aromatic rings. The van der Waals surface area contributed by atoms with Crippen molar-refractivity contribution in [2.45, 2.75) is 38.5 Å². The van der Waals surface area contributed by atoms with Gasteiger partial charge in [-0.1, -0.05) is 204 Å². The molecule has 0 saturated carbocycles. The van der Waals surface area contributed by atoms with Crippen molar-refractivity contribution >= 4 is 34.1 Å². The Kier molecular flexibility index (Phi) is 11.7. The zero-order valence-electron chi connectivity index (χ0n) is 44.8. The maximum Gasteiger partial charge on any atom is 0.164 e. The summed E-state index contributed by atoms with van der Waals surface area (Å²) in [6.45, 7) is 9.39. The molecule has 0 N–H and O–H groups in total. The highest BCUT2D eigenvalue weighted by atomic mass is 15.2. The molecule has 0 atom stereocenters. The van der Waals surface area contributed by atoms with E-state index < -0.39 is 0 Å². The molecular formula is C72H54N8. The third kappa shape index (κ3) is 8.40. The molecule has 2 aliphatic heterocycles. The molecule has 382 valence electrons. The van der Waals surface area contributed by atoms with Crippen LogP contribution in [0.3, 0.4) is 0 Å². The van der Waals surface area contributed by atoms with E-state index in [1.54, 1.807) is 0 Å². The highest BCUT2D eigenvalue weighted by molar-refractivity contribution is 5.91. The lowest BCUT2D eigenvalue weighted by Gasteiger charge is -2.43. The molecule has 0 amide bonds. The van der Waals surface area contributed by atoms with Crippen LogP contribution in [-0.2, 0) is 10.8 Å². The van der Waals surface area contributed by atoms with Crippen molar-refractivity contribution in [1.82, 2.24) is 29.9 Å². The van der Waals surface area contributed by atoms with Crippen LogP contribution >= 0.6 is 0 Å². The van der Waals surface area contributed by atoms with Gasteiger partial charge in [0.2, 0.25) is 0 Å². The van der Waals surface area contributed by atoms with Crippen molar-refractivity contribution in [3.63, 3.8) is 0 Å². The zero-order valence-corrected chi connectivity index (χ0v) is 44.8. The van der Waals surface area contributed by atoms with Gasteiger partial charge >= 0.3 is 0 Å². The van der Waals surface area contributed by atoms with Crippen molar-refractivity contribution < 1.29 is 0 Å². The van der Waals surface area contributed by atoms with Gasteiger partial charge in [-0.05, 0) is 112 Å². The minimum Gasteiger partial charge on any atom is -0.310 e. The summed E-state index contributed by atoms with van der Waals surface area (Å²) in [5.74, 6) is 3.79. The van der Waals surface area contributed by atoms with E-state index in [4.69, 9.17) is 29.9 Å². The molecule has 10 aromatic carbocycles. The third-order valence-electron chi connectivity index (χ3n) is 16.0. The second-order valence-corrected chi connectivity index (χ2v) is 21.6. The van der Waals surface area contributed by atoms with Crippen molar-refractivity contribution in [3.05, 3.63) is 277 Å². The predicted molar refractivity (Wildman–Crippen MR) is 325 cm³/mol. The molecular weight excluding hydrogens is 977 g/mol. The Labute approximate surface area is 466 Å². The molecule has 0 radical (unpaired) electrons. The highest BCUT2D eigenvalue weighted by Gasteiger charge is 2.39. The summed E-state index contributed by atoms with van der Waals surface area (Å²) >= 11 is 0. The number of nitrogens with zero attached hydrogens (tertiary/aromatic N) is 8. The summed E-state index contributed by atoms with van der Waals surface area (Å²) < 4.78 is 0. The van der Waals surface area contributed by atoms with Gasteiger partial charge in [-0.3, -0.25) is 0 Å². The molecule has 14 rings (SSSR count). The molecule has 0 unspecified atom stereocenters. The van der Waals surface area contributed by atoms with Gasteiger partial charge in [0.1, 0.15) is 0 Å². The quantitative estimate of drug-likeness (QED) is 0.141. The standard InChI is InChI=1S/C72H54N8/c1-71(2)57-29-17-20-32-62(57)80(56-41-35-52(36-42-56)70-77-67(49-25-13-7-14-26-49)74-68(78-70)50-27-15-8-16-28-50)64-46-54(37-43-59(64)71)53-38-44-63-60(45-53)72(3,4)58-30-18-19-31-61(58)79(63)55-39-33-51(34-40-55)69-75-65(47-21-9-5-10-22-47)73-66(76-69)48-23-11-6-12-24-48/h5-46H,1-4H3. The highest BCUT2D eigenvalue weighted by Crippen LogP contribution is 2.55. The van der Waals surface area contributed by atoms with E-state index in [-0.39, 0.29) is 10.8 Å². The fourth-order valence-corrected chi connectivity index (χ4v) is 11.7. The van der Waals surface area contributed by atoms with Crippen LogP contribution in [0.1, 0.15) is 49.9 Å². The molecule has 80 heavy (non-hydrogen) atoms. The van der Waals surface area contributed by atoms with E-state index >= 15 is 0 Å². The maximum absolute atomic E-state index is 5.05. The van der Waals surface area contributed by atoms with E-state index in [1.165, 1.54) is 22.3 Å². The topological polar surface area (TPSA) is 83.8 Å². The number of benzene rings is 10. The number of anilines is 6. The smallest absolute Gasteiger partial charge is 0.164 e. The zero-order chi connectivity index (χ0) is 54.0. The van der Waals surface area contributed by atoms with Gasteiger partial charge in [0.15, 0.2) is 34.9 Å². The van der Waals surface area contributed by atoms with Gasteiger partial charge < -0.3 is 9.80 Å². The normalized spacial score (nSPS) is 13.7. The predicted octanol–water partition coefficient (Wildman–Crippen LogP) is 17.9. The van der Waals surface area contributed by atoms with Crippen LogP contribution in [0.5, 0.6) is 0 Å². The van der Waals surface area contributed by atoms with E-state index in [2.05, 4.69) is 171 Å². The van der Waals surface area contributed by atoms with E-state index in [9.17, 15) is 0 Å². The minimum atomic E-state index is -0.309. The van der Waals surface area contributed by atoms with E-state index in [1.807, 2.05) is 121 Å². The van der Waals surface area contributed by atoms with Crippen LogP contribution in [-0.4, -0.2) is 29.9 Å². The van der Waals surface area contributed by atoms with Gasteiger partial charge in [-0.25, -0.2) is 29.9 Å². The molecule has 8 heteroatoms. The Balaban J connectivity index is 0.839. The largest absolute Gasteiger partial charge is 0.310 e. The van der Waals surface area contributed by atoms with Crippen LogP contribution in [0.4, 0.5) is 34.1 Å². The van der Waals surface area contributed by atoms with Crippen molar-refractivity contribution in [3.8, 4) is 79.5 Å². The number of hydrogen-bond acceptors (Lipinski definition) is 8. The van der Waals surface area contributed by atoms with Crippen LogP contribution in [0, 0.1) is 0 Å². The molecule has 2 aliphatic rings. The fourth-order valence-electron chi connectivity index (χ4n) is 11.7. The molecule has 0 bridgehead atoms. The Bertz CT molecular complexity index is 4160. The lowest BCUT2D eigenvalue weighted by molar-refractivity contribution is 0.631. The first kappa shape index (κ1) is 48.2. The molecule has 0 saturated heterocycles. The maximum atomic E-state index is 5.05. The van der Waals surface area contributed by atoms with E-state index in [0.29, 0.717) is 34.9 Å². The lowest BCUT2D eigenvalue weighted by Crippen LogP contribution is -2.31. The van der Waals surface area contributed by atoms with Crippen molar-refractivity contribution in [2.75, 3.05) is 9.80 Å². The average molecular weight is 1030 g/mol. The summed E-state index contributed by atoms with van der Waals surface area (Å²) in [7, 11) is 0. The number of hydrogen-bond donors (Lipinski definition) is 0.